The van der Waals surface area contributed by atoms with Gasteiger partial charge in [0.25, 0.3) is 10.0 Å². The van der Waals surface area contributed by atoms with Crippen molar-refractivity contribution < 1.29 is 192 Å². The van der Waals surface area contributed by atoms with Gasteiger partial charge in [0.05, 0.1) is 6.26 Å². The van der Waals surface area contributed by atoms with Gasteiger partial charge in [0.1, 0.15) is 0 Å². The van der Waals surface area contributed by atoms with Gasteiger partial charge in [-0.1, -0.05) is 44.6 Å². The summed E-state index contributed by atoms with van der Waals surface area (Å²) in [7, 11) is -3.82. The lowest BCUT2D eigenvalue weighted by atomic mass is 10.3. The van der Waals surface area contributed by atoms with Gasteiger partial charge < -0.3 is 5.11 Å². The topological polar surface area (TPSA) is 124 Å². The van der Waals surface area contributed by atoms with Crippen LogP contribution in [-0.2, 0) is 29.6 Å². The molecular formula is C25H43F35NO8S-. The zero-order valence-electron chi connectivity index (χ0n) is 29.0. The highest BCUT2D eigenvalue weighted by molar-refractivity contribution is 7.89. The first-order chi connectivity index (χ1) is 27.8. The lowest BCUT2D eigenvalue weighted by Crippen LogP contribution is -2.48. The Hall–Kier alpha value is -3.52. The van der Waals surface area contributed by atoms with Gasteiger partial charge in [-0.3, -0.25) is 0 Å². The fraction of sp³-hybridized carbons (Fsp3) is 0.920. The second-order valence-electron chi connectivity index (χ2n) is 7.52. The van der Waals surface area contributed by atoms with Crippen LogP contribution in [0.25, 0.3) is 0 Å². The summed E-state index contributed by atoms with van der Waals surface area (Å²) in [6.45, 7) is -16.4. The number of sulfonamides is 1. The van der Waals surface area contributed by atoms with Gasteiger partial charge in [0, 0.05) is 0 Å². The second kappa shape index (κ2) is 56.4. The zero-order valence-corrected chi connectivity index (χ0v) is 29.8. The number of rotatable bonds is 6. The predicted octanol–water partition coefficient (Wildman–Crippen LogP) is 15.4. The van der Waals surface area contributed by atoms with Gasteiger partial charge in [-0.15, -0.1) is 26.3 Å². The van der Waals surface area contributed by atoms with Crippen LogP contribution >= 0.6 is 0 Å². The quantitative estimate of drug-likeness (QED) is 0.111. The fourth-order valence-electron chi connectivity index (χ4n) is 0.660. The number of halogens is 35. The largest absolute Gasteiger partial charge is 0.836 e. The number of carbonyl (C=O) groups is 1. The molecule has 1 atom stereocenters. The van der Waals surface area contributed by atoms with Crippen molar-refractivity contribution in [3.05, 3.63) is 0 Å². The molecule has 0 bridgehead atoms. The Bertz CT molecular complexity index is 1100. The van der Waals surface area contributed by atoms with E-state index in [1.54, 1.807) is 0 Å². The minimum Gasteiger partial charge on any atom is -0.836 e. The number of alkyl halides is 29. The third kappa shape index (κ3) is 185. The monoisotopic (exact) mass is 1180 g/mol. The van der Waals surface area contributed by atoms with Crippen LogP contribution < -0.4 is 5.11 Å². The van der Waals surface area contributed by atoms with Crippen LogP contribution in [0.5, 0.6) is 0 Å². The molecule has 0 amide bonds. The van der Waals surface area contributed by atoms with Gasteiger partial charge in [-0.2, -0.15) is 98.2 Å². The maximum Gasteiger partial charge on any atom is 0.525 e. The van der Waals surface area contributed by atoms with Crippen LogP contribution in [0.3, 0.4) is 0 Å². The second-order valence-corrected chi connectivity index (χ2v) is 9.16. The van der Waals surface area contributed by atoms with E-state index in [-0.39, 0.29) is 44.6 Å². The molecular weight excluding hydrogens is 1140 g/mol. The van der Waals surface area contributed by atoms with Crippen LogP contribution in [0.4, 0.5) is 159 Å². The Balaban J connectivity index is -0.0000000336. The molecule has 0 N–H and O–H groups in total. The number of carbonyl (C=O) groups excluding carboxylic acids is 1. The Kier molecular flexibility index (Phi) is 90.1. The number of hydrogen-bond donors (Lipinski definition) is 0. The minimum absolute atomic E-state index is 0. The maximum atomic E-state index is 12.1. The van der Waals surface area contributed by atoms with Crippen LogP contribution in [0.15, 0.2) is 4.40 Å². The van der Waals surface area contributed by atoms with E-state index >= 15 is 0 Å². The average Bonchev–Trinajstić information content (AvgIpc) is 2.98. The van der Waals surface area contributed by atoms with Gasteiger partial charge in [-0.05, 0) is 13.6 Å². The van der Waals surface area contributed by atoms with E-state index in [0.717, 1.165) is 0 Å². The number of ether oxygens (including phenoxy) is 1. The first-order valence-electron chi connectivity index (χ1n) is 12.3. The molecule has 0 saturated carbocycles. The van der Waals surface area contributed by atoms with Crippen molar-refractivity contribution in [1.29, 1.82) is 0 Å². The summed E-state index contributed by atoms with van der Waals surface area (Å²) in [6.07, 6.45) is -39.2. The molecule has 0 radical (unpaired) electrons. The summed E-state index contributed by atoms with van der Waals surface area (Å²) in [5.41, 5.74) is 0. The molecule has 9 nitrogen and oxygen atoms in total. The molecule has 448 valence electrons. The highest BCUT2D eigenvalue weighted by atomic mass is 32.2. The summed E-state index contributed by atoms with van der Waals surface area (Å²) >= 11 is 0. The number of nitrogens with zero attached hydrogens (tertiary/aromatic N) is 1. The molecule has 70 heavy (non-hydrogen) atoms. The van der Waals surface area contributed by atoms with E-state index in [1.165, 1.54) is 0 Å². The molecule has 0 aromatic carbocycles. The maximum absolute atomic E-state index is 12.1. The summed E-state index contributed by atoms with van der Waals surface area (Å²) in [5.74, 6) is -5.33. The van der Waals surface area contributed by atoms with Crippen molar-refractivity contribution in [2.45, 2.75) is 93.8 Å². The first kappa shape index (κ1) is 112. The molecule has 0 aliphatic rings. The highest BCUT2D eigenvalue weighted by Gasteiger charge is 2.63. The third-order valence-electron chi connectivity index (χ3n) is 2.07. The summed E-state index contributed by atoms with van der Waals surface area (Å²) in [6, 6.07) is 0. The van der Waals surface area contributed by atoms with Crippen molar-refractivity contribution >= 4 is 22.5 Å². The lowest BCUT2D eigenvalue weighted by Gasteiger charge is -2.25. The van der Waals surface area contributed by atoms with Crippen molar-refractivity contribution in [3.8, 4) is 0 Å². The summed E-state index contributed by atoms with van der Waals surface area (Å²) in [4.78, 5) is 15.0. The van der Waals surface area contributed by atoms with Gasteiger partial charge in [0.2, 0.25) is 13.9 Å². The van der Waals surface area contributed by atoms with Crippen LogP contribution in [0, 0.1) is 0 Å². The fourth-order valence-corrected chi connectivity index (χ4v) is 0.921. The van der Waals surface area contributed by atoms with Gasteiger partial charge in [0.15, 0.2) is 46.0 Å². The van der Waals surface area contributed by atoms with Crippen LogP contribution in [0.1, 0.15) is 44.6 Å². The Morgan fingerprint density at radius 2 is 0.629 bits per heavy atom. The van der Waals surface area contributed by atoms with Gasteiger partial charge >= 0.3 is 55.6 Å². The molecule has 0 aromatic rings. The van der Waals surface area contributed by atoms with Crippen molar-refractivity contribution in [3.63, 3.8) is 0 Å². The van der Waals surface area contributed by atoms with Crippen LogP contribution in [0.2, 0.25) is 0 Å². The SMILES string of the molecule is C.C.C.C.C.C.CS(=O)(=O)N=C([O-])F.FCC(F)(F)F.FCC(F)(F)F.FCC(F)(OC(F)(F)F)C(F)(F)F.FCF.FCF.FOCC(F)(F)F.FOCC(F)(F)F.FOCC(F)(F)F.O=C(F)F. The number of hydrogen-bond acceptors (Lipinski definition) is 8. The standard InChI is InChI=1S/C4H2F8O.3C2H2F4O.2C2H2F4.C2H4FNO3S.CF2O.2CH2F2.6CH4/c5-1-2(6,3(7,8)9)13-4(10,11)12;3*3-2(4,5)1-7-6;2*3-1-2(4,5)6;1-8(6,7)4-2(3)5;2-1(3)4;2*2-1-3;;;;;;/h1H2;3*1H2;2*1H2;1H3,(H,4,5);;2*1H2;6*1H4/p-1. The van der Waals surface area contributed by atoms with E-state index in [9.17, 15) is 168 Å². The molecule has 1 unspecified atom stereocenters. The van der Waals surface area contributed by atoms with Crippen molar-refractivity contribution in [2.75, 3.05) is 60.0 Å². The molecule has 45 heteroatoms. The smallest absolute Gasteiger partial charge is 0.525 e. The van der Waals surface area contributed by atoms with E-state index in [2.05, 4.69) is 19.2 Å². The minimum atomic E-state index is -6.07. The summed E-state index contributed by atoms with van der Waals surface area (Å²) < 4.78 is 394. The first-order valence-corrected chi connectivity index (χ1v) is 14.1. The normalized spacial score (nSPS) is 11.6. The summed E-state index contributed by atoms with van der Waals surface area (Å²) in [5, 5.41) is 9.25. The third-order valence-corrected chi connectivity index (χ3v) is 2.54. The molecule has 0 aliphatic carbocycles. The molecule has 0 rings (SSSR count). The molecule has 0 aromatic heterocycles. The van der Waals surface area contributed by atoms with Crippen molar-refractivity contribution in [1.82, 2.24) is 0 Å². The van der Waals surface area contributed by atoms with Crippen molar-refractivity contribution in [2.24, 2.45) is 4.40 Å². The zero-order chi connectivity index (χ0) is 54.8. The predicted molar refractivity (Wildman–Crippen MR) is 172 cm³/mol. The molecule has 0 saturated heterocycles. The Morgan fingerprint density at radius 3 is 0.643 bits per heavy atom. The van der Waals surface area contributed by atoms with Gasteiger partial charge in [-0.25, -0.2) is 53.1 Å². The molecule has 0 heterocycles. The highest BCUT2D eigenvalue weighted by Crippen LogP contribution is 2.39. The molecule has 0 spiro atoms. The van der Waals surface area contributed by atoms with E-state index in [1.807, 2.05) is 4.74 Å². The van der Waals surface area contributed by atoms with Crippen LogP contribution in [-0.4, -0.2) is 130 Å². The average molecular weight is 1180 g/mol. The Morgan fingerprint density at radius 1 is 0.457 bits per heavy atom. The molecule has 0 aliphatic heterocycles. The molecule has 0 fully saturated rings. The lowest BCUT2D eigenvalue weighted by molar-refractivity contribution is -0.449. The van der Waals surface area contributed by atoms with E-state index < -0.39 is 125 Å². The van der Waals surface area contributed by atoms with E-state index in [4.69, 9.17) is 4.79 Å². The van der Waals surface area contributed by atoms with E-state index in [0.29, 0.717) is 6.26 Å². The Labute approximate surface area is 373 Å².